The van der Waals surface area contributed by atoms with E-state index in [4.69, 9.17) is 16.3 Å². The van der Waals surface area contributed by atoms with Crippen molar-refractivity contribution in [2.45, 2.75) is 6.54 Å². The fourth-order valence-corrected chi connectivity index (χ4v) is 4.16. The maximum Gasteiger partial charge on any atom is 0.229 e. The first kappa shape index (κ1) is 27.2. The average Bonchev–Trinajstić information content (AvgIpc) is 2.93. The second-order valence-electron chi connectivity index (χ2n) is 8.99. The molecule has 0 spiro atoms. The lowest BCUT2D eigenvalue weighted by Crippen LogP contribution is -2.44. The number of carbonyl (C=O) groups is 1. The molecule has 0 amide bonds. The van der Waals surface area contributed by atoms with Gasteiger partial charge in [-0.15, -0.1) is 0 Å². The molecule has 1 aliphatic heterocycles. The number of methoxy groups -OCH3 is 1. The number of hydrogen-bond acceptors (Lipinski definition) is 9. The summed E-state index contributed by atoms with van der Waals surface area (Å²) in [7, 11) is 3.60. The molecule has 0 saturated carbocycles. The second kappa shape index (κ2) is 12.6. The molecule has 9 nitrogen and oxygen atoms in total. The molecule has 1 fully saturated rings. The molecular weight excluding hydrogens is 509 g/mol. The summed E-state index contributed by atoms with van der Waals surface area (Å²) in [5, 5.41) is 9.76. The largest absolute Gasteiger partial charge is 0.494 e. The minimum Gasteiger partial charge on any atom is -0.494 e. The zero-order valence-electron chi connectivity index (χ0n) is 21.4. The van der Waals surface area contributed by atoms with Gasteiger partial charge in [-0.05, 0) is 24.7 Å². The van der Waals surface area contributed by atoms with E-state index in [1.807, 2.05) is 29.2 Å². The zero-order chi connectivity index (χ0) is 27.1. The third-order valence-electron chi connectivity index (χ3n) is 6.18. The number of anilines is 5. The topological polar surface area (TPSA) is 94.6 Å². The number of halogens is 2. The summed E-state index contributed by atoms with van der Waals surface area (Å²) in [6.07, 6.45) is 2.21. The number of aldehydes is 1. The van der Waals surface area contributed by atoms with Crippen LogP contribution in [0.5, 0.6) is 5.75 Å². The Balaban J connectivity index is 1.46. The molecule has 1 aromatic heterocycles. The van der Waals surface area contributed by atoms with Crippen LogP contribution in [-0.2, 0) is 11.3 Å². The predicted octanol–water partition coefficient (Wildman–Crippen LogP) is 4.55. The van der Waals surface area contributed by atoms with Crippen LogP contribution in [0.1, 0.15) is 5.56 Å². The van der Waals surface area contributed by atoms with Gasteiger partial charge in [0.15, 0.2) is 5.82 Å². The van der Waals surface area contributed by atoms with Crippen LogP contribution in [0.4, 0.5) is 33.2 Å². The summed E-state index contributed by atoms with van der Waals surface area (Å²) >= 11 is 6.33. The van der Waals surface area contributed by atoms with Crippen LogP contribution < -0.4 is 25.6 Å². The highest BCUT2D eigenvalue weighted by Crippen LogP contribution is 2.35. The van der Waals surface area contributed by atoms with Gasteiger partial charge in [-0.3, -0.25) is 4.79 Å². The number of likely N-dealkylation sites (N-methyl/N-ethyl adjacent to an activating group) is 1. The van der Waals surface area contributed by atoms with Crippen LogP contribution in [0.25, 0.3) is 0 Å². The Hall–Kier alpha value is -3.89. The molecule has 11 heteroatoms. The van der Waals surface area contributed by atoms with Gasteiger partial charge in [-0.25, -0.2) is 9.37 Å². The first-order valence-corrected chi connectivity index (χ1v) is 12.5. The minimum absolute atomic E-state index is 0.241. The van der Waals surface area contributed by atoms with Gasteiger partial charge in [0.05, 0.1) is 24.7 Å². The van der Waals surface area contributed by atoms with Crippen molar-refractivity contribution >= 4 is 46.7 Å². The van der Waals surface area contributed by atoms with Crippen molar-refractivity contribution < 1.29 is 13.9 Å². The molecule has 0 unspecified atom stereocenters. The standard InChI is InChI=1S/C27H31ClFN7O2/c1-18(17-37)14-30-20-6-4-5-19(11-20)15-31-26-21(28)16-32-27(34-26)33-23-12-22(29)24(13-25(23)38-3)36-9-7-35(2)8-10-36/h4-6,11-13,16-17,30H,1,7-10,14-15H2,2-3H3,(H2,31,32,33,34). The van der Waals surface area contributed by atoms with Crippen molar-refractivity contribution in [3.63, 3.8) is 0 Å². The Morgan fingerprint density at radius 2 is 2.00 bits per heavy atom. The van der Waals surface area contributed by atoms with Crippen LogP contribution >= 0.6 is 11.6 Å². The molecule has 0 radical (unpaired) electrons. The number of aromatic nitrogens is 2. The molecule has 2 aromatic carbocycles. The first-order chi connectivity index (χ1) is 18.4. The van der Waals surface area contributed by atoms with Crippen molar-refractivity contribution in [3.05, 3.63) is 71.2 Å². The van der Waals surface area contributed by atoms with Crippen molar-refractivity contribution in [2.24, 2.45) is 0 Å². The van der Waals surface area contributed by atoms with Gasteiger partial charge in [0.25, 0.3) is 0 Å². The van der Waals surface area contributed by atoms with Crippen LogP contribution in [0, 0.1) is 5.82 Å². The fourth-order valence-electron chi connectivity index (χ4n) is 4.00. The van der Waals surface area contributed by atoms with E-state index in [0.29, 0.717) is 46.6 Å². The van der Waals surface area contributed by atoms with Gasteiger partial charge in [0.2, 0.25) is 5.95 Å². The van der Waals surface area contributed by atoms with E-state index in [-0.39, 0.29) is 11.8 Å². The van der Waals surface area contributed by atoms with Gasteiger partial charge in [-0.2, -0.15) is 4.98 Å². The number of ether oxygens (including phenoxy) is 1. The smallest absolute Gasteiger partial charge is 0.229 e. The zero-order valence-corrected chi connectivity index (χ0v) is 22.2. The molecule has 0 atom stereocenters. The molecule has 0 bridgehead atoms. The summed E-state index contributed by atoms with van der Waals surface area (Å²) in [5.74, 6) is 0.792. The van der Waals surface area contributed by atoms with Gasteiger partial charge < -0.3 is 30.5 Å². The number of benzene rings is 2. The summed E-state index contributed by atoms with van der Waals surface area (Å²) in [6.45, 7) is 7.70. The highest BCUT2D eigenvalue weighted by Gasteiger charge is 2.20. The summed E-state index contributed by atoms with van der Waals surface area (Å²) in [5.41, 5.74) is 3.21. The van der Waals surface area contributed by atoms with E-state index in [0.717, 1.165) is 43.7 Å². The Morgan fingerprint density at radius 3 is 2.74 bits per heavy atom. The van der Waals surface area contributed by atoms with Gasteiger partial charge in [0, 0.05) is 62.7 Å². The van der Waals surface area contributed by atoms with Crippen LogP contribution in [0.2, 0.25) is 5.02 Å². The average molecular weight is 540 g/mol. The Labute approximate surface area is 226 Å². The quantitative estimate of drug-likeness (QED) is 0.239. The monoisotopic (exact) mass is 539 g/mol. The van der Waals surface area contributed by atoms with E-state index in [1.54, 1.807) is 13.2 Å². The van der Waals surface area contributed by atoms with Gasteiger partial charge >= 0.3 is 0 Å². The van der Waals surface area contributed by atoms with Gasteiger partial charge in [-0.1, -0.05) is 30.3 Å². The molecule has 1 saturated heterocycles. The summed E-state index contributed by atoms with van der Waals surface area (Å²) in [4.78, 5) is 23.7. The summed E-state index contributed by atoms with van der Waals surface area (Å²) in [6, 6.07) is 10.8. The highest BCUT2D eigenvalue weighted by molar-refractivity contribution is 6.32. The van der Waals surface area contributed by atoms with Crippen molar-refractivity contribution in [1.29, 1.82) is 0 Å². The number of carbonyl (C=O) groups excluding carboxylic acids is 1. The second-order valence-corrected chi connectivity index (χ2v) is 9.40. The Kier molecular flexibility index (Phi) is 8.98. The van der Waals surface area contributed by atoms with Gasteiger partial charge in [0.1, 0.15) is 22.9 Å². The number of nitrogens with one attached hydrogen (secondary N) is 3. The molecule has 0 aliphatic carbocycles. The maximum atomic E-state index is 15.1. The lowest BCUT2D eigenvalue weighted by molar-refractivity contribution is -0.104. The lowest BCUT2D eigenvalue weighted by Gasteiger charge is -2.34. The third kappa shape index (κ3) is 6.90. The SMILES string of the molecule is C=C(C=O)CNc1cccc(CNc2nc(Nc3cc(F)c(N4CCN(C)CC4)cc3OC)ncc2Cl)c1. The predicted molar refractivity (Wildman–Crippen MR) is 150 cm³/mol. The summed E-state index contributed by atoms with van der Waals surface area (Å²) < 4.78 is 20.6. The Bertz CT molecular complexity index is 1300. The molecular formula is C27H31ClFN7O2. The molecule has 38 heavy (non-hydrogen) atoms. The number of rotatable bonds is 11. The number of hydrogen-bond donors (Lipinski definition) is 3. The normalized spacial score (nSPS) is 13.6. The Morgan fingerprint density at radius 1 is 1.21 bits per heavy atom. The molecule has 3 N–H and O–H groups in total. The molecule has 3 aromatic rings. The first-order valence-electron chi connectivity index (χ1n) is 12.2. The molecule has 1 aliphatic rings. The highest BCUT2D eigenvalue weighted by atomic mass is 35.5. The van der Waals surface area contributed by atoms with E-state index in [9.17, 15) is 4.79 Å². The van der Waals surface area contributed by atoms with Crippen LogP contribution in [-0.4, -0.2) is 68.0 Å². The number of piperazine rings is 1. The van der Waals surface area contributed by atoms with Crippen LogP contribution in [0.3, 0.4) is 0 Å². The van der Waals surface area contributed by atoms with Crippen molar-refractivity contribution in [2.75, 3.05) is 67.7 Å². The number of nitrogens with zero attached hydrogens (tertiary/aromatic N) is 4. The maximum absolute atomic E-state index is 15.1. The fraction of sp³-hybridized carbons (Fsp3) is 0.296. The lowest BCUT2D eigenvalue weighted by atomic mass is 10.2. The van der Waals surface area contributed by atoms with E-state index in [2.05, 4.69) is 44.4 Å². The van der Waals surface area contributed by atoms with E-state index < -0.39 is 0 Å². The van der Waals surface area contributed by atoms with Crippen LogP contribution in [0.15, 0.2) is 54.7 Å². The molecule has 2 heterocycles. The van der Waals surface area contributed by atoms with Crippen molar-refractivity contribution in [3.8, 4) is 5.75 Å². The molecule has 200 valence electrons. The van der Waals surface area contributed by atoms with E-state index >= 15 is 4.39 Å². The van der Waals surface area contributed by atoms with E-state index in [1.165, 1.54) is 12.3 Å². The minimum atomic E-state index is -0.352. The van der Waals surface area contributed by atoms with Crippen molar-refractivity contribution in [1.82, 2.24) is 14.9 Å². The molecule has 4 rings (SSSR count). The third-order valence-corrected chi connectivity index (χ3v) is 6.45.